The van der Waals surface area contributed by atoms with Gasteiger partial charge in [-0.05, 0) is 30.7 Å². The van der Waals surface area contributed by atoms with Crippen LogP contribution >= 0.6 is 23.5 Å². The number of aromatic nitrogens is 4. The molecule has 0 fully saturated rings. The van der Waals surface area contributed by atoms with Crippen molar-refractivity contribution >= 4 is 45.6 Å². The molecular weight excluding hydrogens is 324 g/mol. The van der Waals surface area contributed by atoms with Crippen molar-refractivity contribution in [2.45, 2.75) is 16.7 Å². The molecule has 4 aromatic rings. The number of nitrogens with one attached hydrogen (secondary N) is 2. The van der Waals surface area contributed by atoms with Crippen LogP contribution in [0.5, 0.6) is 0 Å². The minimum absolute atomic E-state index is 1.000. The molecule has 0 amide bonds. The number of benzene rings is 2. The standard InChI is InChI=1S/C17H16N4S2/c1-2-7-13-12(6-1)18-16(19-13)22-10-5-11-23-17-20-14-8-3-4-9-15(14)21-17/h1-4,6-9H,5,10-11H2,(H,18,19)(H,20,21). The molecule has 4 nitrogen and oxygen atoms in total. The zero-order chi connectivity index (χ0) is 15.5. The number of thioether (sulfide) groups is 2. The zero-order valence-corrected chi connectivity index (χ0v) is 14.1. The van der Waals surface area contributed by atoms with Crippen LogP contribution in [0.2, 0.25) is 0 Å². The Morgan fingerprint density at radius 1 is 0.696 bits per heavy atom. The molecule has 23 heavy (non-hydrogen) atoms. The summed E-state index contributed by atoms with van der Waals surface area (Å²) in [4.78, 5) is 15.9. The quantitative estimate of drug-likeness (QED) is 0.394. The minimum Gasteiger partial charge on any atom is -0.333 e. The van der Waals surface area contributed by atoms with Crippen LogP contribution in [0.4, 0.5) is 0 Å². The highest BCUT2D eigenvalue weighted by molar-refractivity contribution is 8.00. The molecule has 0 bridgehead atoms. The summed E-state index contributed by atoms with van der Waals surface area (Å²) >= 11 is 3.55. The maximum atomic E-state index is 4.58. The van der Waals surface area contributed by atoms with E-state index in [1.54, 1.807) is 23.5 Å². The molecule has 0 saturated heterocycles. The summed E-state index contributed by atoms with van der Waals surface area (Å²) in [7, 11) is 0. The van der Waals surface area contributed by atoms with Gasteiger partial charge in [0.05, 0.1) is 22.1 Å². The molecule has 6 heteroatoms. The van der Waals surface area contributed by atoms with Crippen molar-refractivity contribution in [2.24, 2.45) is 0 Å². The van der Waals surface area contributed by atoms with Crippen LogP contribution in [0.25, 0.3) is 22.1 Å². The lowest BCUT2D eigenvalue weighted by Crippen LogP contribution is -1.86. The predicted octanol–water partition coefficient (Wildman–Crippen LogP) is 4.71. The molecule has 2 aromatic carbocycles. The van der Waals surface area contributed by atoms with Crippen molar-refractivity contribution in [2.75, 3.05) is 11.5 Å². The van der Waals surface area contributed by atoms with Crippen LogP contribution in [0, 0.1) is 0 Å². The Morgan fingerprint density at radius 3 is 1.65 bits per heavy atom. The third kappa shape index (κ3) is 3.38. The van der Waals surface area contributed by atoms with Gasteiger partial charge in [-0.2, -0.15) is 0 Å². The molecule has 0 spiro atoms. The number of hydrogen-bond donors (Lipinski definition) is 2. The number of fused-ring (bicyclic) bond motifs is 2. The summed E-state index contributed by atoms with van der Waals surface area (Å²) in [6.07, 6.45) is 1.11. The highest BCUT2D eigenvalue weighted by atomic mass is 32.2. The van der Waals surface area contributed by atoms with E-state index in [-0.39, 0.29) is 0 Å². The van der Waals surface area contributed by atoms with Gasteiger partial charge in [-0.15, -0.1) is 0 Å². The van der Waals surface area contributed by atoms with Crippen molar-refractivity contribution in [1.82, 2.24) is 19.9 Å². The van der Waals surface area contributed by atoms with E-state index in [2.05, 4.69) is 32.1 Å². The Morgan fingerprint density at radius 2 is 1.17 bits per heavy atom. The van der Waals surface area contributed by atoms with Gasteiger partial charge >= 0.3 is 0 Å². The third-order valence-electron chi connectivity index (χ3n) is 3.50. The van der Waals surface area contributed by atoms with Crippen molar-refractivity contribution in [3.63, 3.8) is 0 Å². The topological polar surface area (TPSA) is 57.4 Å². The Bertz CT molecular complexity index is 786. The van der Waals surface area contributed by atoms with Crippen molar-refractivity contribution < 1.29 is 0 Å². The Balaban J connectivity index is 1.27. The molecule has 0 radical (unpaired) electrons. The Kier molecular flexibility index (Phi) is 4.26. The predicted molar refractivity (Wildman–Crippen MR) is 98.3 cm³/mol. The molecule has 0 aliphatic carbocycles. The van der Waals surface area contributed by atoms with Gasteiger partial charge in [0.25, 0.3) is 0 Å². The molecule has 2 heterocycles. The van der Waals surface area contributed by atoms with E-state index in [1.165, 1.54) is 0 Å². The van der Waals surface area contributed by atoms with Crippen LogP contribution in [-0.4, -0.2) is 31.4 Å². The highest BCUT2D eigenvalue weighted by Crippen LogP contribution is 2.23. The van der Waals surface area contributed by atoms with Gasteiger partial charge in [-0.25, -0.2) is 9.97 Å². The lowest BCUT2D eigenvalue weighted by atomic mass is 10.3. The largest absolute Gasteiger partial charge is 0.333 e. The van der Waals surface area contributed by atoms with Gasteiger partial charge in [0.2, 0.25) is 0 Å². The first-order chi connectivity index (χ1) is 11.4. The van der Waals surface area contributed by atoms with Gasteiger partial charge in [0.1, 0.15) is 0 Å². The van der Waals surface area contributed by atoms with E-state index < -0.39 is 0 Å². The average Bonchev–Trinajstić information content (AvgIpc) is 3.17. The normalized spacial score (nSPS) is 11.5. The number of imidazole rings is 2. The second-order valence-corrected chi connectivity index (χ2v) is 7.34. The average molecular weight is 340 g/mol. The monoisotopic (exact) mass is 340 g/mol. The van der Waals surface area contributed by atoms with Gasteiger partial charge in [0, 0.05) is 11.5 Å². The fourth-order valence-corrected chi connectivity index (χ4v) is 4.23. The first kappa shape index (κ1) is 14.7. The van der Waals surface area contributed by atoms with E-state index >= 15 is 0 Å². The van der Waals surface area contributed by atoms with Crippen LogP contribution in [0.15, 0.2) is 58.8 Å². The molecule has 0 saturated carbocycles. The summed E-state index contributed by atoms with van der Waals surface area (Å²) in [5.41, 5.74) is 4.27. The smallest absolute Gasteiger partial charge is 0.166 e. The molecule has 0 unspecified atom stereocenters. The lowest BCUT2D eigenvalue weighted by Gasteiger charge is -1.97. The number of rotatable bonds is 6. The van der Waals surface area contributed by atoms with Gasteiger partial charge in [0.15, 0.2) is 10.3 Å². The summed E-state index contributed by atoms with van der Waals surface area (Å²) < 4.78 is 0. The van der Waals surface area contributed by atoms with Crippen molar-refractivity contribution in [3.05, 3.63) is 48.5 Å². The van der Waals surface area contributed by atoms with E-state index in [9.17, 15) is 0 Å². The molecule has 0 aliphatic heterocycles. The summed E-state index contributed by atoms with van der Waals surface area (Å²) in [5.74, 6) is 2.10. The molecular formula is C17H16N4S2. The van der Waals surface area contributed by atoms with E-state index in [4.69, 9.17) is 0 Å². The Labute approximate surface area is 142 Å². The van der Waals surface area contributed by atoms with E-state index in [0.29, 0.717) is 0 Å². The van der Waals surface area contributed by atoms with Crippen LogP contribution in [-0.2, 0) is 0 Å². The molecule has 4 rings (SSSR count). The first-order valence-corrected chi connectivity index (χ1v) is 9.51. The lowest BCUT2D eigenvalue weighted by molar-refractivity contribution is 1.04. The number of hydrogen-bond acceptors (Lipinski definition) is 4. The maximum Gasteiger partial charge on any atom is 0.166 e. The molecule has 2 N–H and O–H groups in total. The molecule has 0 aliphatic rings. The van der Waals surface area contributed by atoms with E-state index in [0.717, 1.165) is 50.3 Å². The van der Waals surface area contributed by atoms with E-state index in [1.807, 2.05) is 36.4 Å². The number of H-pyrrole nitrogens is 2. The van der Waals surface area contributed by atoms with Gasteiger partial charge in [-0.1, -0.05) is 47.8 Å². The van der Waals surface area contributed by atoms with Crippen molar-refractivity contribution in [1.29, 1.82) is 0 Å². The van der Waals surface area contributed by atoms with Crippen LogP contribution in [0.1, 0.15) is 6.42 Å². The van der Waals surface area contributed by atoms with Crippen molar-refractivity contribution in [3.8, 4) is 0 Å². The fourth-order valence-electron chi connectivity index (χ4n) is 2.39. The fraction of sp³-hybridized carbons (Fsp3) is 0.176. The first-order valence-electron chi connectivity index (χ1n) is 7.53. The number of aromatic amines is 2. The van der Waals surface area contributed by atoms with Crippen LogP contribution in [0.3, 0.4) is 0 Å². The second-order valence-electron chi connectivity index (χ2n) is 5.17. The van der Waals surface area contributed by atoms with Gasteiger partial charge < -0.3 is 9.97 Å². The zero-order valence-electron chi connectivity index (χ0n) is 12.5. The molecule has 116 valence electrons. The third-order valence-corrected chi connectivity index (χ3v) is 5.42. The molecule has 2 aromatic heterocycles. The van der Waals surface area contributed by atoms with Crippen LogP contribution < -0.4 is 0 Å². The highest BCUT2D eigenvalue weighted by Gasteiger charge is 2.04. The second kappa shape index (κ2) is 6.68. The number of para-hydroxylation sites is 4. The Hall–Kier alpha value is -1.92. The maximum absolute atomic E-state index is 4.58. The summed E-state index contributed by atoms with van der Waals surface area (Å²) in [6, 6.07) is 16.3. The SMILES string of the molecule is c1ccc2[nH]c(SCCCSc3nc4ccccc4[nH]3)nc2c1. The van der Waals surface area contributed by atoms with Gasteiger partial charge in [-0.3, -0.25) is 0 Å². The summed E-state index contributed by atoms with van der Waals surface area (Å²) in [5, 5.41) is 2.00. The number of nitrogens with zero attached hydrogens (tertiary/aromatic N) is 2. The minimum atomic E-state index is 1.000. The summed E-state index contributed by atoms with van der Waals surface area (Å²) in [6.45, 7) is 0. The molecule has 0 atom stereocenters.